The van der Waals surface area contributed by atoms with Crippen LogP contribution in [-0.2, 0) is 6.18 Å². The number of aromatic nitrogens is 1. The van der Waals surface area contributed by atoms with Crippen molar-refractivity contribution in [2.24, 2.45) is 0 Å². The molecule has 0 spiro atoms. The van der Waals surface area contributed by atoms with E-state index in [0.29, 0.717) is 4.90 Å². The van der Waals surface area contributed by atoms with Gasteiger partial charge in [-0.25, -0.2) is 4.98 Å². The molecule has 0 N–H and O–H groups in total. The molecule has 1 fully saturated rings. The predicted octanol–water partition coefficient (Wildman–Crippen LogP) is 5.64. The van der Waals surface area contributed by atoms with Gasteiger partial charge in [0.05, 0.1) is 20.0 Å². The Kier molecular flexibility index (Phi) is 5.49. The second kappa shape index (κ2) is 7.46. The van der Waals surface area contributed by atoms with E-state index < -0.39 is 16.7 Å². The van der Waals surface area contributed by atoms with E-state index in [1.165, 1.54) is 6.07 Å². The lowest BCUT2D eigenvalue weighted by Crippen LogP contribution is -2.05. The first kappa shape index (κ1) is 18.4. The summed E-state index contributed by atoms with van der Waals surface area (Å²) in [6.45, 7) is 0. The van der Waals surface area contributed by atoms with Crippen LogP contribution in [-0.4, -0.2) is 21.4 Å². The highest BCUT2D eigenvalue weighted by Crippen LogP contribution is 2.47. The van der Waals surface area contributed by atoms with E-state index in [2.05, 4.69) is 4.98 Å². The Labute approximate surface area is 154 Å². The highest BCUT2D eigenvalue weighted by Gasteiger charge is 2.31. The fraction of sp³-hybridized carbons (Fsp3) is 0.267. The Morgan fingerprint density at radius 3 is 2.48 bits per heavy atom. The average Bonchev–Trinajstić information content (AvgIpc) is 3.09. The number of alkyl halides is 3. The first-order valence-corrected chi connectivity index (χ1v) is 9.98. The van der Waals surface area contributed by atoms with Crippen LogP contribution in [0.3, 0.4) is 0 Å². The molecule has 0 bridgehead atoms. The van der Waals surface area contributed by atoms with Crippen LogP contribution in [0.1, 0.15) is 15.7 Å². The number of nitro benzene ring substituents is 1. The lowest BCUT2D eigenvalue weighted by atomic mass is 10.2. The smallest absolute Gasteiger partial charge is 0.258 e. The quantitative estimate of drug-likeness (QED) is 0.486. The van der Waals surface area contributed by atoms with Gasteiger partial charge in [0.2, 0.25) is 0 Å². The molecule has 0 saturated carbocycles. The van der Waals surface area contributed by atoms with Gasteiger partial charge in [0.25, 0.3) is 5.69 Å². The molecule has 4 nitrogen and oxygen atoms in total. The van der Waals surface area contributed by atoms with Gasteiger partial charge in [-0.2, -0.15) is 13.2 Å². The van der Waals surface area contributed by atoms with E-state index in [0.717, 1.165) is 41.1 Å². The molecule has 1 aromatic carbocycles. The van der Waals surface area contributed by atoms with Crippen molar-refractivity contribution in [3.63, 3.8) is 0 Å². The van der Waals surface area contributed by atoms with Gasteiger partial charge in [0.1, 0.15) is 5.03 Å². The highest BCUT2D eigenvalue weighted by atomic mass is 32.2. The molecule has 0 aliphatic carbocycles. The molecule has 2 heterocycles. The number of rotatable bonds is 4. The third-order valence-electron chi connectivity index (χ3n) is 3.35. The summed E-state index contributed by atoms with van der Waals surface area (Å²) < 4.78 is 37.9. The molecule has 10 heteroatoms. The fourth-order valence-electron chi connectivity index (χ4n) is 2.18. The van der Waals surface area contributed by atoms with Gasteiger partial charge in [-0.1, -0.05) is 17.8 Å². The highest BCUT2D eigenvalue weighted by molar-refractivity contribution is 8.19. The van der Waals surface area contributed by atoms with Crippen molar-refractivity contribution in [1.82, 2.24) is 4.98 Å². The second-order valence-corrected chi connectivity index (χ2v) is 8.83. The van der Waals surface area contributed by atoms with E-state index in [1.54, 1.807) is 35.7 Å². The minimum atomic E-state index is -4.46. The largest absolute Gasteiger partial charge is 0.417 e. The third kappa shape index (κ3) is 4.42. The standard InChI is InChI=1S/C15H11F3N2O2S3/c16-15(17,18)10-2-4-13(19-8-10)25-12-3-1-9(7-11(12)20(21)22)14-23-5-6-24-14/h1-4,7-8,14H,5-6H2. The summed E-state index contributed by atoms with van der Waals surface area (Å²) in [6, 6.07) is 7.14. The Balaban J connectivity index is 1.85. The number of thioether (sulfide) groups is 2. The number of halogens is 3. The molecular formula is C15H11F3N2O2S3. The van der Waals surface area contributed by atoms with Crippen LogP contribution < -0.4 is 0 Å². The molecule has 1 aliphatic heterocycles. The second-order valence-electron chi connectivity index (χ2n) is 5.04. The zero-order valence-electron chi connectivity index (χ0n) is 12.5. The zero-order chi connectivity index (χ0) is 18.0. The summed E-state index contributed by atoms with van der Waals surface area (Å²) in [4.78, 5) is 15.0. The number of nitrogens with zero attached hydrogens (tertiary/aromatic N) is 2. The van der Waals surface area contributed by atoms with E-state index in [-0.39, 0.29) is 15.3 Å². The Bertz CT molecular complexity index is 779. The van der Waals surface area contributed by atoms with Crippen LogP contribution in [0, 0.1) is 10.1 Å². The summed E-state index contributed by atoms with van der Waals surface area (Å²) in [5, 5.41) is 11.6. The maximum atomic E-state index is 12.6. The van der Waals surface area contributed by atoms with Crippen LogP contribution in [0.5, 0.6) is 0 Å². The van der Waals surface area contributed by atoms with Crippen LogP contribution in [0.25, 0.3) is 0 Å². The summed E-state index contributed by atoms with van der Waals surface area (Å²) >= 11 is 4.47. The molecule has 0 unspecified atom stereocenters. The number of nitro groups is 1. The van der Waals surface area contributed by atoms with Crippen molar-refractivity contribution >= 4 is 41.0 Å². The minimum absolute atomic E-state index is 0.0581. The van der Waals surface area contributed by atoms with Gasteiger partial charge in [0.15, 0.2) is 0 Å². The van der Waals surface area contributed by atoms with Crippen LogP contribution in [0.2, 0.25) is 0 Å². The molecule has 0 atom stereocenters. The topological polar surface area (TPSA) is 56.0 Å². The zero-order valence-corrected chi connectivity index (χ0v) is 15.0. The predicted molar refractivity (Wildman–Crippen MR) is 94.1 cm³/mol. The van der Waals surface area contributed by atoms with Crippen molar-refractivity contribution in [3.8, 4) is 0 Å². The van der Waals surface area contributed by atoms with Crippen molar-refractivity contribution in [3.05, 3.63) is 57.8 Å². The van der Waals surface area contributed by atoms with Gasteiger partial charge < -0.3 is 0 Å². The summed E-state index contributed by atoms with van der Waals surface area (Å²) in [7, 11) is 0. The van der Waals surface area contributed by atoms with Crippen LogP contribution in [0.15, 0.2) is 46.5 Å². The normalized spacial score (nSPS) is 15.5. The molecule has 0 radical (unpaired) electrons. The molecule has 1 aliphatic rings. The third-order valence-corrected chi connectivity index (χ3v) is 7.47. The molecule has 1 saturated heterocycles. The van der Waals surface area contributed by atoms with Crippen LogP contribution >= 0.6 is 35.3 Å². The number of benzene rings is 1. The SMILES string of the molecule is O=[N+]([O-])c1cc(C2SCCS2)ccc1Sc1ccc(C(F)(F)F)cn1. The Morgan fingerprint density at radius 2 is 1.92 bits per heavy atom. The van der Waals surface area contributed by atoms with E-state index in [1.807, 2.05) is 6.07 Å². The average molecular weight is 404 g/mol. The van der Waals surface area contributed by atoms with Crippen molar-refractivity contribution in [2.75, 3.05) is 11.5 Å². The molecule has 2 aromatic rings. The number of pyridine rings is 1. The molecular weight excluding hydrogens is 393 g/mol. The van der Waals surface area contributed by atoms with Crippen LogP contribution in [0.4, 0.5) is 18.9 Å². The van der Waals surface area contributed by atoms with Gasteiger partial charge in [0, 0.05) is 23.8 Å². The maximum absolute atomic E-state index is 12.6. The van der Waals surface area contributed by atoms with Crippen molar-refractivity contribution < 1.29 is 18.1 Å². The summed E-state index contributed by atoms with van der Waals surface area (Å²) in [5.41, 5.74) is -0.0294. The Hall–Kier alpha value is -1.39. The number of hydrogen-bond donors (Lipinski definition) is 0. The summed E-state index contributed by atoms with van der Waals surface area (Å²) in [5.74, 6) is 2.02. The lowest BCUT2D eigenvalue weighted by molar-refractivity contribution is -0.387. The first-order valence-electron chi connectivity index (χ1n) is 7.07. The van der Waals surface area contributed by atoms with Gasteiger partial charge >= 0.3 is 6.18 Å². The van der Waals surface area contributed by atoms with E-state index >= 15 is 0 Å². The first-order chi connectivity index (χ1) is 11.8. The van der Waals surface area contributed by atoms with Crippen molar-refractivity contribution in [1.29, 1.82) is 0 Å². The van der Waals surface area contributed by atoms with Gasteiger partial charge in [-0.15, -0.1) is 23.5 Å². The number of hydrogen-bond acceptors (Lipinski definition) is 6. The lowest BCUT2D eigenvalue weighted by Gasteiger charge is -2.10. The fourth-order valence-corrected chi connectivity index (χ4v) is 5.86. The Morgan fingerprint density at radius 1 is 1.20 bits per heavy atom. The summed E-state index contributed by atoms with van der Waals surface area (Å²) in [6.07, 6.45) is -3.73. The van der Waals surface area contributed by atoms with Gasteiger partial charge in [-0.3, -0.25) is 10.1 Å². The molecule has 1 aromatic heterocycles. The molecule has 0 amide bonds. The van der Waals surface area contributed by atoms with Crippen molar-refractivity contribution in [2.45, 2.75) is 20.7 Å². The molecule has 132 valence electrons. The minimum Gasteiger partial charge on any atom is -0.258 e. The molecule has 25 heavy (non-hydrogen) atoms. The van der Waals surface area contributed by atoms with E-state index in [4.69, 9.17) is 0 Å². The van der Waals surface area contributed by atoms with Gasteiger partial charge in [-0.05, 0) is 23.8 Å². The van der Waals surface area contributed by atoms with E-state index in [9.17, 15) is 23.3 Å². The molecule has 3 rings (SSSR count). The monoisotopic (exact) mass is 404 g/mol. The maximum Gasteiger partial charge on any atom is 0.417 e.